The number of aromatic nitrogens is 3. The van der Waals surface area contributed by atoms with Gasteiger partial charge in [0, 0.05) is 18.8 Å². The molecule has 3 rings (SSSR count). The van der Waals surface area contributed by atoms with E-state index in [1.54, 1.807) is 44.6 Å². The minimum atomic E-state index is -3.74. The van der Waals surface area contributed by atoms with E-state index >= 15 is 0 Å². The molecule has 25 heavy (non-hydrogen) atoms. The Morgan fingerprint density at radius 3 is 2.48 bits per heavy atom. The Hall–Kier alpha value is -2.58. The third kappa shape index (κ3) is 3.59. The molecule has 2 heterocycles. The number of anilines is 1. The summed E-state index contributed by atoms with van der Waals surface area (Å²) in [6.45, 7) is 0. The molecule has 2 aromatic heterocycles. The highest BCUT2D eigenvalue weighted by Crippen LogP contribution is 2.30. The third-order valence-electron chi connectivity index (χ3n) is 3.54. The van der Waals surface area contributed by atoms with Crippen LogP contribution in [0.25, 0.3) is 11.1 Å². The minimum Gasteiger partial charge on any atom is -0.495 e. The number of methoxy groups -OCH3 is 1. The second kappa shape index (κ2) is 6.73. The van der Waals surface area contributed by atoms with Gasteiger partial charge in [0.1, 0.15) is 11.6 Å². The summed E-state index contributed by atoms with van der Waals surface area (Å²) >= 11 is 6.12. The van der Waals surface area contributed by atoms with E-state index < -0.39 is 10.0 Å². The van der Waals surface area contributed by atoms with Crippen molar-refractivity contribution in [2.45, 2.75) is 5.03 Å². The number of hydrogen-bond donors (Lipinski definition) is 1. The van der Waals surface area contributed by atoms with Crippen molar-refractivity contribution in [3.05, 3.63) is 53.8 Å². The van der Waals surface area contributed by atoms with E-state index in [0.717, 1.165) is 11.1 Å². The second-order valence-electron chi connectivity index (χ2n) is 5.18. The molecule has 1 aromatic carbocycles. The van der Waals surface area contributed by atoms with Crippen LogP contribution in [0.5, 0.6) is 5.75 Å². The Balaban J connectivity index is 1.83. The molecule has 0 saturated heterocycles. The molecule has 3 aromatic rings. The van der Waals surface area contributed by atoms with Gasteiger partial charge in [-0.25, -0.2) is 4.98 Å². The second-order valence-corrected chi connectivity index (χ2v) is 7.22. The molecular weight excluding hydrogens is 364 g/mol. The number of halogens is 1. The van der Waals surface area contributed by atoms with Crippen LogP contribution in [0.3, 0.4) is 0 Å². The molecule has 1 N–H and O–H groups in total. The standard InChI is InChI=1S/C16H15ClN4O3S/c1-21-16(7-8-19-21)25(22,23)20-15-6-4-12(10-18-15)11-3-5-14(24-2)13(17)9-11/h3-10H,1-2H3,(H,18,20). The first-order valence-electron chi connectivity index (χ1n) is 7.21. The maximum absolute atomic E-state index is 12.3. The van der Waals surface area contributed by atoms with Gasteiger partial charge in [-0.15, -0.1) is 0 Å². The van der Waals surface area contributed by atoms with Gasteiger partial charge >= 0.3 is 0 Å². The van der Waals surface area contributed by atoms with Crippen molar-refractivity contribution in [3.8, 4) is 16.9 Å². The fourth-order valence-corrected chi connectivity index (χ4v) is 3.68. The van der Waals surface area contributed by atoms with Crippen LogP contribution in [0.1, 0.15) is 0 Å². The molecule has 0 atom stereocenters. The van der Waals surface area contributed by atoms with Crippen LogP contribution in [0.2, 0.25) is 5.02 Å². The molecule has 0 unspecified atom stereocenters. The first-order chi connectivity index (χ1) is 11.9. The highest BCUT2D eigenvalue weighted by atomic mass is 35.5. The molecule has 0 spiro atoms. The van der Waals surface area contributed by atoms with Gasteiger partial charge in [-0.3, -0.25) is 9.40 Å². The fraction of sp³-hybridized carbons (Fsp3) is 0.125. The number of hydrogen-bond acceptors (Lipinski definition) is 5. The molecule has 130 valence electrons. The van der Waals surface area contributed by atoms with Crippen LogP contribution in [-0.4, -0.2) is 30.3 Å². The zero-order valence-electron chi connectivity index (χ0n) is 13.5. The van der Waals surface area contributed by atoms with Crippen molar-refractivity contribution in [1.29, 1.82) is 0 Å². The lowest BCUT2D eigenvalue weighted by Gasteiger charge is -2.09. The normalized spacial score (nSPS) is 11.3. The van der Waals surface area contributed by atoms with E-state index in [1.807, 2.05) is 6.07 Å². The van der Waals surface area contributed by atoms with Gasteiger partial charge < -0.3 is 4.74 Å². The summed E-state index contributed by atoms with van der Waals surface area (Å²) in [6, 6.07) is 10.1. The van der Waals surface area contributed by atoms with E-state index in [2.05, 4.69) is 14.8 Å². The average Bonchev–Trinajstić information content (AvgIpc) is 3.02. The zero-order chi connectivity index (χ0) is 18.0. The Bertz CT molecular complexity index is 1000. The lowest BCUT2D eigenvalue weighted by Crippen LogP contribution is -2.17. The molecular formula is C16H15ClN4O3S. The van der Waals surface area contributed by atoms with Crippen LogP contribution >= 0.6 is 11.6 Å². The molecule has 0 aliphatic carbocycles. The summed E-state index contributed by atoms with van der Waals surface area (Å²) < 4.78 is 33.4. The first-order valence-corrected chi connectivity index (χ1v) is 9.07. The summed E-state index contributed by atoms with van der Waals surface area (Å²) in [5.41, 5.74) is 1.65. The van der Waals surface area contributed by atoms with Gasteiger partial charge in [0.25, 0.3) is 10.0 Å². The Labute approximate surface area is 150 Å². The smallest absolute Gasteiger partial charge is 0.280 e. The lowest BCUT2D eigenvalue weighted by molar-refractivity contribution is 0.415. The molecule has 7 nitrogen and oxygen atoms in total. The van der Waals surface area contributed by atoms with Gasteiger partial charge in [-0.2, -0.15) is 13.5 Å². The predicted octanol–water partition coefficient (Wildman–Crippen LogP) is 2.94. The Morgan fingerprint density at radius 2 is 1.92 bits per heavy atom. The van der Waals surface area contributed by atoms with Gasteiger partial charge in [-0.1, -0.05) is 17.7 Å². The predicted molar refractivity (Wildman–Crippen MR) is 95.3 cm³/mol. The van der Waals surface area contributed by atoms with Crippen molar-refractivity contribution < 1.29 is 13.2 Å². The molecule has 0 amide bonds. The van der Waals surface area contributed by atoms with Gasteiger partial charge in [-0.05, 0) is 35.9 Å². The molecule has 0 saturated carbocycles. The van der Waals surface area contributed by atoms with E-state index in [1.165, 1.54) is 16.9 Å². The minimum absolute atomic E-state index is 0.0558. The van der Waals surface area contributed by atoms with Crippen molar-refractivity contribution in [3.63, 3.8) is 0 Å². The highest BCUT2D eigenvalue weighted by Gasteiger charge is 2.18. The monoisotopic (exact) mass is 378 g/mol. The number of sulfonamides is 1. The summed E-state index contributed by atoms with van der Waals surface area (Å²) in [6.07, 6.45) is 2.98. The van der Waals surface area contributed by atoms with Gasteiger partial charge in [0.2, 0.25) is 0 Å². The quantitative estimate of drug-likeness (QED) is 0.737. The summed E-state index contributed by atoms with van der Waals surface area (Å²) in [5.74, 6) is 0.795. The molecule has 0 aliphatic heterocycles. The number of rotatable bonds is 5. The van der Waals surface area contributed by atoms with Crippen molar-refractivity contribution in [1.82, 2.24) is 14.8 Å². The summed E-state index contributed by atoms with van der Waals surface area (Å²) in [5, 5.41) is 4.40. The first kappa shape index (κ1) is 17.2. The molecule has 0 bridgehead atoms. The van der Waals surface area contributed by atoms with E-state index in [0.29, 0.717) is 10.8 Å². The van der Waals surface area contributed by atoms with E-state index in [-0.39, 0.29) is 10.8 Å². The molecule has 0 aliphatic rings. The van der Waals surface area contributed by atoms with E-state index in [4.69, 9.17) is 16.3 Å². The van der Waals surface area contributed by atoms with Gasteiger partial charge in [0.15, 0.2) is 5.03 Å². The van der Waals surface area contributed by atoms with Crippen LogP contribution in [0.15, 0.2) is 53.8 Å². The van der Waals surface area contributed by atoms with Crippen LogP contribution < -0.4 is 9.46 Å². The number of ether oxygens (including phenoxy) is 1. The SMILES string of the molecule is COc1ccc(-c2ccc(NS(=O)(=O)c3ccnn3C)nc2)cc1Cl. The van der Waals surface area contributed by atoms with Gasteiger partial charge in [0.05, 0.1) is 18.3 Å². The van der Waals surface area contributed by atoms with Crippen LogP contribution in [-0.2, 0) is 17.1 Å². The summed E-state index contributed by atoms with van der Waals surface area (Å²) in [4.78, 5) is 4.16. The van der Waals surface area contributed by atoms with Crippen LogP contribution in [0, 0.1) is 0 Å². The maximum atomic E-state index is 12.3. The summed E-state index contributed by atoms with van der Waals surface area (Å²) in [7, 11) is -0.642. The number of nitrogens with one attached hydrogen (secondary N) is 1. The number of aryl methyl sites for hydroxylation is 1. The van der Waals surface area contributed by atoms with E-state index in [9.17, 15) is 8.42 Å². The largest absolute Gasteiger partial charge is 0.495 e. The van der Waals surface area contributed by atoms with Crippen LogP contribution in [0.4, 0.5) is 5.82 Å². The highest BCUT2D eigenvalue weighted by molar-refractivity contribution is 7.92. The molecule has 9 heteroatoms. The number of benzene rings is 1. The van der Waals surface area contributed by atoms with Crippen molar-refractivity contribution >= 4 is 27.4 Å². The third-order valence-corrected chi connectivity index (χ3v) is 5.26. The topological polar surface area (TPSA) is 86.1 Å². The molecule has 0 fully saturated rings. The number of pyridine rings is 1. The lowest BCUT2D eigenvalue weighted by atomic mass is 10.1. The number of nitrogens with zero attached hydrogens (tertiary/aromatic N) is 3. The maximum Gasteiger partial charge on any atom is 0.280 e. The van der Waals surface area contributed by atoms with Crippen molar-refractivity contribution in [2.24, 2.45) is 7.05 Å². The Morgan fingerprint density at radius 1 is 1.16 bits per heavy atom. The molecule has 0 radical (unpaired) electrons. The van der Waals surface area contributed by atoms with Crippen molar-refractivity contribution in [2.75, 3.05) is 11.8 Å². The zero-order valence-corrected chi connectivity index (χ0v) is 15.0. The Kier molecular flexibility index (Phi) is 4.65. The average molecular weight is 379 g/mol. The fourth-order valence-electron chi connectivity index (χ4n) is 2.29.